The van der Waals surface area contributed by atoms with Crippen LogP contribution in [0, 0.1) is 46.3 Å². The minimum Gasteiger partial charge on any atom is -0.504 e. The van der Waals surface area contributed by atoms with Gasteiger partial charge in [0.25, 0.3) is 0 Å². The van der Waals surface area contributed by atoms with Crippen LogP contribution in [0.3, 0.4) is 0 Å². The third-order valence-electron chi connectivity index (χ3n) is 22.8. The highest BCUT2D eigenvalue weighted by Crippen LogP contribution is 2.71. The zero-order chi connectivity index (χ0) is 78.3. The monoisotopic (exact) mass is 1460 g/mol. The normalized spacial score (nSPS) is 22.8. The molecule has 1 aliphatic heterocycles. The molecule has 6 aliphatic rings. The summed E-state index contributed by atoms with van der Waals surface area (Å²) in [5.74, 6) is 11.0. The minimum absolute atomic E-state index is 0.0455. The maximum absolute atomic E-state index is 12.7. The molecule has 0 spiro atoms. The number of fused-ring (bicyclic) bond motifs is 12. The van der Waals surface area contributed by atoms with Gasteiger partial charge in [0.2, 0.25) is 11.5 Å². The molecule has 4 bridgehead atoms. The number of benzene rings is 5. The standard InChI is InChI=1S/C20H32O2.C18H20O5.C18H30O3.C18H30O2.C16H24O3/c1-5-19(3,4)18(21)22-20(6-2)11-14-10-15(20)17-13-8-7-12(9-13)16(14)17;1-5-18(2,3)16(19)21-13-8-6-7-12-11(13)9-10-14-15(12)23-17(20-4)22-14;1-9-12(2)13-10-14(20-17(3,4)5)16(19)15(11-13)21-18(6,7)8;1-9-13(2)14-10-11-15(19-17(3,4)5)16(12-14)20-18(6,7)8;1-4-11(2)12-9-13(17)15(18)14(10-12)19-16(3)7-5-6-8-16/h12-17H,5-11H2,1-4H3;6-10,17H,5H2,1-4H3;10-12,19H,9H2,1-8H3;10-13H,9H2,1-8H3;9-11,17-18H,4-8H2,1-3H3. The van der Waals surface area contributed by atoms with Gasteiger partial charge in [0.05, 0.1) is 10.8 Å². The van der Waals surface area contributed by atoms with E-state index >= 15 is 0 Å². The van der Waals surface area contributed by atoms with Gasteiger partial charge in [-0.05, 0) is 333 Å². The number of carbonyl (C=O) groups is 2. The number of ether oxygens (including phenoxy) is 10. The molecule has 11 atom stereocenters. The number of carbonyl (C=O) groups excluding carboxylic acids is 2. The Balaban J connectivity index is 0.000000184. The van der Waals surface area contributed by atoms with Crippen molar-refractivity contribution in [3.63, 3.8) is 0 Å². The van der Waals surface area contributed by atoms with E-state index in [1.165, 1.54) is 38.4 Å². The second-order valence-electron chi connectivity index (χ2n) is 36.5. The van der Waals surface area contributed by atoms with Crippen molar-refractivity contribution in [2.45, 2.75) is 334 Å². The molecule has 11 rings (SSSR count). The SMILES string of the molecule is CCC(C)(C)C(=O)OC1(CC)CC2CC1C1C3CCC(C3)C21.CCC(C)(C)C(=O)Oc1cccc2c3c(ccc12)OC(OC)O3.CCC(C)c1cc(O)c(O)c(OC2(C)CCCC2)c1.CCC(C)c1cc(OC(C)(C)C)c(O)c(OC(C)(C)C)c1.CCC(C)c1ccc(OC(C)(C)C)c(OC(C)(C)C)c1. The van der Waals surface area contributed by atoms with E-state index in [1.54, 1.807) is 18.2 Å². The Morgan fingerprint density at radius 3 is 1.54 bits per heavy atom. The van der Waals surface area contributed by atoms with Crippen molar-refractivity contribution in [1.29, 1.82) is 0 Å². The lowest BCUT2D eigenvalue weighted by molar-refractivity contribution is -0.183. The van der Waals surface area contributed by atoms with Gasteiger partial charge in [-0.1, -0.05) is 80.5 Å². The van der Waals surface area contributed by atoms with Gasteiger partial charge in [0.1, 0.15) is 39.4 Å². The molecule has 1 heterocycles. The van der Waals surface area contributed by atoms with Crippen LogP contribution in [0.5, 0.6) is 63.2 Å². The molecule has 105 heavy (non-hydrogen) atoms. The zero-order valence-electron chi connectivity index (χ0n) is 69.5. The number of rotatable bonds is 20. The van der Waals surface area contributed by atoms with E-state index in [9.17, 15) is 24.9 Å². The maximum atomic E-state index is 12.7. The zero-order valence-corrected chi connectivity index (χ0v) is 69.5. The third kappa shape index (κ3) is 21.8. The van der Waals surface area contributed by atoms with Crippen molar-refractivity contribution in [3.8, 4) is 63.2 Å². The molecular formula is C90H136O15. The Labute approximate surface area is 632 Å². The molecule has 5 aliphatic carbocycles. The van der Waals surface area contributed by atoms with Crippen LogP contribution in [0.1, 0.15) is 311 Å². The van der Waals surface area contributed by atoms with Crippen molar-refractivity contribution in [3.05, 3.63) is 89.5 Å². The van der Waals surface area contributed by atoms with Crippen molar-refractivity contribution in [1.82, 2.24) is 0 Å². The Morgan fingerprint density at radius 1 is 0.524 bits per heavy atom. The predicted octanol–water partition coefficient (Wildman–Crippen LogP) is 23.8. The van der Waals surface area contributed by atoms with E-state index in [4.69, 9.17) is 47.4 Å². The fourth-order valence-electron chi connectivity index (χ4n) is 15.6. The fourth-order valence-corrected chi connectivity index (χ4v) is 15.6. The molecule has 0 saturated heterocycles. The van der Waals surface area contributed by atoms with Crippen molar-refractivity contribution in [2.75, 3.05) is 7.11 Å². The van der Waals surface area contributed by atoms with Crippen molar-refractivity contribution in [2.24, 2.45) is 46.3 Å². The van der Waals surface area contributed by atoms with Crippen LogP contribution in [-0.2, 0) is 19.1 Å². The quantitative estimate of drug-likeness (QED) is 0.0289. The average Bonchev–Trinajstić information content (AvgIpc) is 1.53. The van der Waals surface area contributed by atoms with Crippen LogP contribution >= 0.6 is 0 Å². The maximum Gasteiger partial charge on any atom is 0.360 e. The van der Waals surface area contributed by atoms with E-state index in [0.717, 1.165) is 127 Å². The number of hydrogen-bond acceptors (Lipinski definition) is 15. The molecule has 0 aromatic heterocycles. The first-order valence-electron chi connectivity index (χ1n) is 39.7. The molecule has 3 N–H and O–H groups in total. The highest BCUT2D eigenvalue weighted by Gasteiger charge is 2.68. The summed E-state index contributed by atoms with van der Waals surface area (Å²) in [4.78, 5) is 25.1. The average molecular weight is 1460 g/mol. The first kappa shape index (κ1) is 85.5. The van der Waals surface area contributed by atoms with Gasteiger partial charge in [-0.2, -0.15) is 0 Å². The number of phenolic OH excluding ortho intramolecular Hbond substituents is 3. The molecule has 15 heteroatoms. The molecule has 586 valence electrons. The smallest absolute Gasteiger partial charge is 0.360 e. The number of esters is 2. The summed E-state index contributed by atoms with van der Waals surface area (Å²) >= 11 is 0. The van der Waals surface area contributed by atoms with Gasteiger partial charge in [-0.25, -0.2) is 0 Å². The van der Waals surface area contributed by atoms with Gasteiger partial charge < -0.3 is 62.7 Å². The van der Waals surface area contributed by atoms with Crippen LogP contribution in [0.15, 0.2) is 72.8 Å². The van der Waals surface area contributed by atoms with Crippen LogP contribution in [0.4, 0.5) is 0 Å². The van der Waals surface area contributed by atoms with E-state index in [2.05, 4.69) is 116 Å². The van der Waals surface area contributed by atoms with Gasteiger partial charge in [0, 0.05) is 23.8 Å². The lowest BCUT2D eigenvalue weighted by Gasteiger charge is -2.46. The van der Waals surface area contributed by atoms with Crippen LogP contribution < -0.4 is 37.9 Å². The van der Waals surface area contributed by atoms with E-state index in [-0.39, 0.29) is 68.2 Å². The van der Waals surface area contributed by atoms with Crippen LogP contribution in [-0.4, -0.2) is 74.5 Å². The molecule has 5 aromatic carbocycles. The summed E-state index contributed by atoms with van der Waals surface area (Å²) in [6, 6.07) is 22.8. The number of phenols is 3. The van der Waals surface area contributed by atoms with Gasteiger partial charge in [0.15, 0.2) is 46.0 Å². The van der Waals surface area contributed by atoms with Gasteiger partial charge >= 0.3 is 18.4 Å². The minimum atomic E-state index is -0.749. The topological polar surface area (TPSA) is 187 Å². The summed E-state index contributed by atoms with van der Waals surface area (Å²) in [6.45, 7) is 52.5. The fraction of sp³-hybridized carbons (Fsp3) is 0.667. The molecule has 5 fully saturated rings. The molecule has 0 radical (unpaired) electrons. The van der Waals surface area contributed by atoms with Gasteiger partial charge in [-0.15, -0.1) is 0 Å². The first-order valence-corrected chi connectivity index (χ1v) is 39.7. The third-order valence-corrected chi connectivity index (χ3v) is 22.8. The highest BCUT2D eigenvalue weighted by molar-refractivity contribution is 5.97. The second kappa shape index (κ2) is 34.2. The Hall–Kier alpha value is -6.74. The lowest BCUT2D eigenvalue weighted by Crippen LogP contribution is -2.49. The Morgan fingerprint density at radius 2 is 1.02 bits per heavy atom. The van der Waals surface area contributed by atoms with E-state index in [0.29, 0.717) is 64.6 Å². The summed E-state index contributed by atoms with van der Waals surface area (Å²) in [7, 11) is 1.51. The van der Waals surface area contributed by atoms with Crippen molar-refractivity contribution < 1.29 is 72.3 Å². The van der Waals surface area contributed by atoms with Gasteiger partial charge in [-0.3, -0.25) is 9.59 Å². The predicted molar refractivity (Wildman–Crippen MR) is 422 cm³/mol. The molecular weight excluding hydrogens is 1320 g/mol. The number of aromatic hydroxyl groups is 3. The lowest BCUT2D eigenvalue weighted by atomic mass is 9.65. The van der Waals surface area contributed by atoms with Crippen LogP contribution in [0.2, 0.25) is 0 Å². The highest BCUT2D eigenvalue weighted by atomic mass is 16.9. The summed E-state index contributed by atoms with van der Waals surface area (Å²) in [5.41, 5.74) is 1.03. The molecule has 5 saturated carbocycles. The Kier molecular flexibility index (Phi) is 27.9. The summed E-state index contributed by atoms with van der Waals surface area (Å²) in [6.07, 6.45) is 16.9. The summed E-state index contributed by atoms with van der Waals surface area (Å²) in [5, 5.41) is 31.9. The molecule has 0 amide bonds. The Bertz CT molecular complexity index is 3660. The summed E-state index contributed by atoms with van der Waals surface area (Å²) < 4.78 is 58.0. The van der Waals surface area contributed by atoms with Crippen LogP contribution in [0.25, 0.3) is 10.8 Å². The number of hydrogen-bond donors (Lipinski definition) is 3. The van der Waals surface area contributed by atoms with E-state index in [1.807, 2.05) is 119 Å². The first-order chi connectivity index (χ1) is 48.8. The largest absolute Gasteiger partial charge is 0.504 e. The van der Waals surface area contributed by atoms with Crippen molar-refractivity contribution >= 4 is 22.7 Å². The molecule has 5 aromatic rings. The van der Waals surface area contributed by atoms with E-state index < -0.39 is 11.9 Å². The number of methoxy groups -OCH3 is 1. The molecule has 15 nitrogen and oxygen atoms in total. The molecule has 11 unspecified atom stereocenters. The second-order valence-corrected chi connectivity index (χ2v) is 36.5.